The largest absolute Gasteiger partial charge is 0.477 e. The highest BCUT2D eigenvalue weighted by molar-refractivity contribution is 6.04. The number of hydrogen-bond acceptors (Lipinski definition) is 4. The van der Waals surface area contributed by atoms with Gasteiger partial charge in [-0.2, -0.15) is 0 Å². The summed E-state index contributed by atoms with van der Waals surface area (Å²) in [4.78, 5) is 27.2. The van der Waals surface area contributed by atoms with Gasteiger partial charge in [-0.1, -0.05) is 0 Å². The maximum Gasteiger partial charge on any atom is 0.345 e. The summed E-state index contributed by atoms with van der Waals surface area (Å²) in [5, 5.41) is 19.5. The maximum absolute atomic E-state index is 10.9. The first-order valence-electron chi connectivity index (χ1n) is 3.95. The molecule has 1 aromatic carbocycles. The number of aromatic nitrogens is 2. The van der Waals surface area contributed by atoms with Crippen LogP contribution in [-0.4, -0.2) is 26.0 Å². The summed E-state index contributed by atoms with van der Waals surface area (Å²) in [7, 11) is 0. The molecule has 0 atom stereocenters. The van der Waals surface area contributed by atoms with Crippen molar-refractivity contribution in [3.8, 4) is 0 Å². The van der Waals surface area contributed by atoms with Crippen molar-refractivity contribution in [2.45, 2.75) is 0 Å². The van der Waals surface area contributed by atoms with Crippen LogP contribution in [0.5, 0.6) is 0 Å². The number of fused-ring (bicyclic) bond motifs is 1. The molecule has 0 spiro atoms. The minimum Gasteiger partial charge on any atom is -0.477 e. The number of aromatic carboxylic acids is 1. The molecule has 0 aliphatic carbocycles. The number of carboxylic acids is 1. The average Bonchev–Trinajstić information content (AvgIpc) is 2.62. The Morgan fingerprint density at radius 2 is 2.27 bits per heavy atom. The molecule has 76 valence electrons. The van der Waals surface area contributed by atoms with Gasteiger partial charge in [-0.15, -0.1) is 0 Å². The van der Waals surface area contributed by atoms with Crippen LogP contribution in [0.25, 0.3) is 11.0 Å². The molecule has 0 amide bonds. The molecule has 0 bridgehead atoms. The number of nitro benzene ring substituents is 1. The van der Waals surface area contributed by atoms with Gasteiger partial charge in [-0.3, -0.25) is 10.1 Å². The van der Waals surface area contributed by atoms with Gasteiger partial charge < -0.3 is 10.1 Å². The van der Waals surface area contributed by atoms with Gasteiger partial charge >= 0.3 is 5.97 Å². The summed E-state index contributed by atoms with van der Waals surface area (Å²) in [6.07, 6.45) is 1.29. The summed E-state index contributed by atoms with van der Waals surface area (Å²) in [6.45, 7) is 0. The number of H-pyrrole nitrogens is 1. The first-order chi connectivity index (χ1) is 7.11. The molecule has 0 aliphatic rings. The standard InChI is InChI=1S/C8H5N3O4/c12-8(13)6-5(11(14)15)2-1-4-7(6)10-3-9-4/h1-3H,(H,9,10)(H,12,13). The van der Waals surface area contributed by atoms with E-state index in [2.05, 4.69) is 9.97 Å². The van der Waals surface area contributed by atoms with E-state index < -0.39 is 22.1 Å². The van der Waals surface area contributed by atoms with Crippen LogP contribution < -0.4 is 0 Å². The summed E-state index contributed by atoms with van der Waals surface area (Å²) < 4.78 is 0. The summed E-state index contributed by atoms with van der Waals surface area (Å²) in [5.74, 6) is -1.36. The normalized spacial score (nSPS) is 10.4. The lowest BCUT2D eigenvalue weighted by molar-refractivity contribution is -0.385. The van der Waals surface area contributed by atoms with E-state index in [4.69, 9.17) is 5.11 Å². The lowest BCUT2D eigenvalue weighted by atomic mass is 10.1. The third-order valence-electron chi connectivity index (χ3n) is 1.98. The van der Waals surface area contributed by atoms with E-state index in [-0.39, 0.29) is 5.52 Å². The second kappa shape index (κ2) is 3.05. The van der Waals surface area contributed by atoms with E-state index in [0.29, 0.717) is 5.52 Å². The number of carbonyl (C=O) groups is 1. The van der Waals surface area contributed by atoms with Crippen molar-refractivity contribution in [2.75, 3.05) is 0 Å². The number of nitro groups is 1. The van der Waals surface area contributed by atoms with Crippen molar-refractivity contribution < 1.29 is 14.8 Å². The van der Waals surface area contributed by atoms with Gasteiger partial charge in [0.05, 0.1) is 16.8 Å². The molecule has 1 aromatic heterocycles. The van der Waals surface area contributed by atoms with Crippen LogP contribution in [-0.2, 0) is 0 Å². The van der Waals surface area contributed by atoms with Crippen LogP contribution in [0.1, 0.15) is 10.4 Å². The summed E-state index contributed by atoms with van der Waals surface area (Å²) >= 11 is 0. The van der Waals surface area contributed by atoms with E-state index in [1.807, 2.05) is 0 Å². The number of aromatic amines is 1. The van der Waals surface area contributed by atoms with Crippen LogP contribution in [0.2, 0.25) is 0 Å². The van der Waals surface area contributed by atoms with Crippen molar-refractivity contribution in [1.82, 2.24) is 9.97 Å². The minimum absolute atomic E-state index is 0.0942. The van der Waals surface area contributed by atoms with Crippen molar-refractivity contribution in [1.29, 1.82) is 0 Å². The molecule has 0 saturated heterocycles. The molecular formula is C8H5N3O4. The van der Waals surface area contributed by atoms with Gasteiger partial charge in [0, 0.05) is 6.07 Å². The monoisotopic (exact) mass is 207 g/mol. The number of benzene rings is 1. The van der Waals surface area contributed by atoms with Crippen LogP contribution >= 0.6 is 0 Å². The van der Waals surface area contributed by atoms with Gasteiger partial charge in [0.15, 0.2) is 5.56 Å². The molecule has 2 aromatic rings. The predicted octanol–water partition coefficient (Wildman–Crippen LogP) is 1.17. The van der Waals surface area contributed by atoms with Crippen LogP contribution in [0, 0.1) is 10.1 Å². The fraction of sp³-hybridized carbons (Fsp3) is 0. The van der Waals surface area contributed by atoms with Gasteiger partial charge in [-0.05, 0) is 6.07 Å². The second-order valence-electron chi connectivity index (χ2n) is 2.82. The zero-order valence-corrected chi connectivity index (χ0v) is 7.30. The van der Waals surface area contributed by atoms with E-state index >= 15 is 0 Å². The Morgan fingerprint density at radius 3 is 2.87 bits per heavy atom. The first kappa shape index (κ1) is 9.13. The summed E-state index contributed by atoms with van der Waals surface area (Å²) in [5.41, 5.74) is -0.296. The number of rotatable bonds is 2. The molecular weight excluding hydrogens is 202 g/mol. The SMILES string of the molecule is O=C(O)c1c([N+](=O)[O-])ccc2[nH]cnc12. The third kappa shape index (κ3) is 1.30. The Kier molecular flexibility index (Phi) is 1.86. The van der Waals surface area contributed by atoms with Gasteiger partial charge in [0.1, 0.15) is 5.52 Å². The molecule has 0 radical (unpaired) electrons. The Bertz CT molecular complexity index is 560. The number of hydrogen-bond donors (Lipinski definition) is 2. The van der Waals surface area contributed by atoms with Crippen molar-refractivity contribution in [2.24, 2.45) is 0 Å². The maximum atomic E-state index is 10.9. The van der Waals surface area contributed by atoms with E-state index in [0.717, 1.165) is 6.07 Å². The van der Waals surface area contributed by atoms with E-state index in [9.17, 15) is 14.9 Å². The summed E-state index contributed by atoms with van der Waals surface area (Å²) in [6, 6.07) is 2.57. The number of nitrogens with one attached hydrogen (secondary N) is 1. The lowest BCUT2D eigenvalue weighted by Gasteiger charge is -1.97. The molecule has 7 heteroatoms. The molecule has 1 heterocycles. The first-order valence-corrected chi connectivity index (χ1v) is 3.95. The highest BCUT2D eigenvalue weighted by atomic mass is 16.6. The van der Waals surface area contributed by atoms with Crippen molar-refractivity contribution >= 4 is 22.7 Å². The molecule has 15 heavy (non-hydrogen) atoms. The fourth-order valence-corrected chi connectivity index (χ4v) is 1.36. The van der Waals surface area contributed by atoms with Crippen LogP contribution in [0.3, 0.4) is 0 Å². The van der Waals surface area contributed by atoms with Crippen molar-refractivity contribution in [3.63, 3.8) is 0 Å². The van der Waals surface area contributed by atoms with E-state index in [1.165, 1.54) is 12.4 Å². The predicted molar refractivity (Wildman–Crippen MR) is 49.7 cm³/mol. The highest BCUT2D eigenvalue weighted by Crippen LogP contribution is 2.25. The topological polar surface area (TPSA) is 109 Å². The number of imidazole rings is 1. The zero-order chi connectivity index (χ0) is 11.0. The Hall–Kier alpha value is -2.44. The lowest BCUT2D eigenvalue weighted by Crippen LogP contribution is -2.03. The highest BCUT2D eigenvalue weighted by Gasteiger charge is 2.23. The van der Waals surface area contributed by atoms with Crippen LogP contribution in [0.4, 0.5) is 5.69 Å². The average molecular weight is 207 g/mol. The van der Waals surface area contributed by atoms with E-state index in [1.54, 1.807) is 0 Å². The molecule has 0 unspecified atom stereocenters. The van der Waals surface area contributed by atoms with Crippen LogP contribution in [0.15, 0.2) is 18.5 Å². The number of carboxylic acid groups (broad SMARTS) is 1. The molecule has 2 rings (SSSR count). The fourth-order valence-electron chi connectivity index (χ4n) is 1.36. The smallest absolute Gasteiger partial charge is 0.345 e. The Labute approximate surface area is 82.5 Å². The van der Waals surface area contributed by atoms with Gasteiger partial charge in [-0.25, -0.2) is 9.78 Å². The second-order valence-corrected chi connectivity index (χ2v) is 2.82. The zero-order valence-electron chi connectivity index (χ0n) is 7.30. The molecule has 0 fully saturated rings. The molecule has 7 nitrogen and oxygen atoms in total. The molecule has 0 aliphatic heterocycles. The Morgan fingerprint density at radius 1 is 1.53 bits per heavy atom. The number of nitrogens with zero attached hydrogens (tertiary/aromatic N) is 2. The third-order valence-corrected chi connectivity index (χ3v) is 1.98. The molecule has 2 N–H and O–H groups in total. The van der Waals surface area contributed by atoms with Gasteiger partial charge in [0.2, 0.25) is 0 Å². The minimum atomic E-state index is -1.36. The molecule has 0 saturated carbocycles. The quantitative estimate of drug-likeness (QED) is 0.567. The Balaban J connectivity index is 2.87. The van der Waals surface area contributed by atoms with Crippen molar-refractivity contribution in [3.05, 3.63) is 34.1 Å². The van der Waals surface area contributed by atoms with Gasteiger partial charge in [0.25, 0.3) is 5.69 Å².